The summed E-state index contributed by atoms with van der Waals surface area (Å²) in [6.07, 6.45) is 4.39. The summed E-state index contributed by atoms with van der Waals surface area (Å²) < 4.78 is 8.06. The van der Waals surface area contributed by atoms with Gasteiger partial charge in [-0.3, -0.25) is 14.2 Å². The first-order valence-electron chi connectivity index (χ1n) is 8.42. The zero-order valence-corrected chi connectivity index (χ0v) is 14.6. The van der Waals surface area contributed by atoms with Crippen LogP contribution in [0.25, 0.3) is 16.7 Å². The van der Waals surface area contributed by atoms with Gasteiger partial charge in [-0.05, 0) is 30.7 Å². The quantitative estimate of drug-likeness (QED) is 0.583. The lowest BCUT2D eigenvalue weighted by molar-refractivity contribution is -0.122. The van der Waals surface area contributed by atoms with Crippen LogP contribution in [-0.2, 0) is 17.9 Å². The van der Waals surface area contributed by atoms with Crippen molar-refractivity contribution in [1.82, 2.24) is 24.6 Å². The number of benzene rings is 1. The molecule has 4 aromatic rings. The van der Waals surface area contributed by atoms with Gasteiger partial charge in [0.2, 0.25) is 5.91 Å². The highest BCUT2D eigenvalue weighted by Crippen LogP contribution is 2.16. The molecule has 4 rings (SSSR count). The molecule has 136 valence electrons. The summed E-state index contributed by atoms with van der Waals surface area (Å²) in [6.45, 7) is 2.10. The molecular formula is C19H17N5O3. The molecule has 0 unspecified atom stereocenters. The van der Waals surface area contributed by atoms with E-state index in [0.29, 0.717) is 16.8 Å². The first kappa shape index (κ1) is 16.8. The monoisotopic (exact) mass is 363 g/mol. The van der Waals surface area contributed by atoms with Gasteiger partial charge in [0.05, 0.1) is 24.7 Å². The second-order valence-corrected chi connectivity index (χ2v) is 6.11. The Morgan fingerprint density at radius 3 is 2.85 bits per heavy atom. The predicted octanol–water partition coefficient (Wildman–Crippen LogP) is 1.80. The highest BCUT2D eigenvalue weighted by Gasteiger charge is 2.14. The Hall–Kier alpha value is -3.68. The van der Waals surface area contributed by atoms with Crippen molar-refractivity contribution in [3.8, 4) is 5.69 Å². The minimum Gasteiger partial charge on any atom is -0.467 e. The molecule has 0 saturated heterocycles. The van der Waals surface area contributed by atoms with Crippen LogP contribution in [0.3, 0.4) is 0 Å². The minimum absolute atomic E-state index is 0.127. The van der Waals surface area contributed by atoms with Crippen molar-refractivity contribution in [3.63, 3.8) is 0 Å². The molecule has 0 atom stereocenters. The minimum atomic E-state index is -0.312. The molecule has 3 aromatic heterocycles. The maximum atomic E-state index is 12.7. The fraction of sp³-hybridized carbons (Fsp3) is 0.158. The highest BCUT2D eigenvalue weighted by atomic mass is 16.3. The van der Waals surface area contributed by atoms with E-state index in [9.17, 15) is 9.59 Å². The van der Waals surface area contributed by atoms with Gasteiger partial charge < -0.3 is 9.73 Å². The summed E-state index contributed by atoms with van der Waals surface area (Å²) in [6, 6.07) is 11.2. The number of nitrogens with one attached hydrogen (secondary N) is 1. The van der Waals surface area contributed by atoms with Gasteiger partial charge in [-0.25, -0.2) is 9.67 Å². The number of hydrogen-bond donors (Lipinski definition) is 1. The van der Waals surface area contributed by atoms with Crippen molar-refractivity contribution in [1.29, 1.82) is 0 Å². The molecule has 0 saturated carbocycles. The normalized spacial score (nSPS) is 11.0. The summed E-state index contributed by atoms with van der Waals surface area (Å²) in [5.41, 5.74) is 2.02. The van der Waals surface area contributed by atoms with Gasteiger partial charge in [0.15, 0.2) is 5.65 Å². The van der Waals surface area contributed by atoms with Gasteiger partial charge in [0.25, 0.3) is 5.56 Å². The second-order valence-electron chi connectivity index (χ2n) is 6.11. The van der Waals surface area contributed by atoms with Crippen molar-refractivity contribution in [2.45, 2.75) is 20.0 Å². The molecule has 1 aromatic carbocycles. The van der Waals surface area contributed by atoms with E-state index in [-0.39, 0.29) is 24.6 Å². The number of para-hydroxylation sites is 1. The largest absolute Gasteiger partial charge is 0.467 e. The van der Waals surface area contributed by atoms with E-state index in [0.717, 1.165) is 11.3 Å². The Labute approximate surface area is 154 Å². The van der Waals surface area contributed by atoms with Gasteiger partial charge in [-0.1, -0.05) is 18.2 Å². The Morgan fingerprint density at radius 1 is 1.22 bits per heavy atom. The second kappa shape index (κ2) is 6.91. The topological polar surface area (TPSA) is 95.0 Å². The van der Waals surface area contributed by atoms with Gasteiger partial charge in [0, 0.05) is 0 Å². The summed E-state index contributed by atoms with van der Waals surface area (Å²) in [4.78, 5) is 29.2. The molecule has 0 aliphatic carbocycles. The van der Waals surface area contributed by atoms with Crippen molar-refractivity contribution < 1.29 is 9.21 Å². The molecule has 8 nitrogen and oxygen atoms in total. The van der Waals surface area contributed by atoms with Crippen molar-refractivity contribution >= 4 is 16.9 Å². The summed E-state index contributed by atoms with van der Waals surface area (Å²) in [5, 5.41) is 7.37. The van der Waals surface area contributed by atoms with Crippen LogP contribution >= 0.6 is 0 Å². The maximum absolute atomic E-state index is 12.7. The zero-order valence-electron chi connectivity index (χ0n) is 14.6. The SMILES string of the molecule is Cc1ccccc1-n1ncc2c(=O)n(CC(=O)NCc3ccco3)cnc21. The number of amides is 1. The molecule has 0 radical (unpaired) electrons. The number of carbonyl (C=O) groups excluding carboxylic acids is 1. The van der Waals surface area contributed by atoms with Crippen molar-refractivity contribution in [2.75, 3.05) is 0 Å². The molecule has 1 N–H and O–H groups in total. The molecule has 0 bridgehead atoms. The van der Waals surface area contributed by atoms with Crippen LogP contribution < -0.4 is 10.9 Å². The van der Waals surface area contributed by atoms with Crippen LogP contribution in [-0.4, -0.2) is 25.2 Å². The van der Waals surface area contributed by atoms with Gasteiger partial charge in [0.1, 0.15) is 24.0 Å². The molecular weight excluding hydrogens is 346 g/mol. The average molecular weight is 363 g/mol. The molecule has 27 heavy (non-hydrogen) atoms. The Kier molecular flexibility index (Phi) is 4.29. The highest BCUT2D eigenvalue weighted by molar-refractivity contribution is 5.78. The summed E-state index contributed by atoms with van der Waals surface area (Å²) >= 11 is 0. The Bertz CT molecular complexity index is 1160. The number of nitrogens with zero attached hydrogens (tertiary/aromatic N) is 4. The van der Waals surface area contributed by atoms with Gasteiger partial charge >= 0.3 is 0 Å². The standard InChI is InChI=1S/C19H17N5O3/c1-13-5-2-3-7-16(13)24-18-15(10-22-24)19(26)23(12-21-18)11-17(25)20-9-14-6-4-8-27-14/h2-8,10,12H,9,11H2,1H3,(H,20,25). The fourth-order valence-electron chi connectivity index (χ4n) is 2.85. The molecule has 0 fully saturated rings. The van der Waals surface area contributed by atoms with Gasteiger partial charge in [-0.2, -0.15) is 5.10 Å². The average Bonchev–Trinajstić information content (AvgIpc) is 3.33. The van der Waals surface area contributed by atoms with Crippen molar-refractivity contribution in [2.24, 2.45) is 0 Å². The zero-order chi connectivity index (χ0) is 18.8. The molecule has 3 heterocycles. The van der Waals surface area contributed by atoms with Crippen LogP contribution in [0.15, 0.2) is 64.4 Å². The molecule has 1 amide bonds. The number of hydrogen-bond acceptors (Lipinski definition) is 5. The van der Waals surface area contributed by atoms with Gasteiger partial charge in [-0.15, -0.1) is 0 Å². The van der Waals surface area contributed by atoms with Crippen molar-refractivity contribution in [3.05, 3.63) is 76.9 Å². The third kappa shape index (κ3) is 3.24. The summed E-state index contributed by atoms with van der Waals surface area (Å²) in [7, 11) is 0. The molecule has 0 aliphatic heterocycles. The lowest BCUT2D eigenvalue weighted by Gasteiger charge is -2.08. The van der Waals surface area contributed by atoms with Crippen LogP contribution in [0.1, 0.15) is 11.3 Å². The molecule has 8 heteroatoms. The van der Waals surface area contributed by atoms with E-state index < -0.39 is 0 Å². The first-order valence-corrected chi connectivity index (χ1v) is 8.42. The lowest BCUT2D eigenvalue weighted by Crippen LogP contribution is -2.32. The number of aryl methyl sites for hydroxylation is 1. The van der Waals surface area contributed by atoms with Crippen LogP contribution in [0, 0.1) is 6.92 Å². The molecule has 0 spiro atoms. The first-order chi connectivity index (χ1) is 13.1. The lowest BCUT2D eigenvalue weighted by atomic mass is 10.2. The van der Waals surface area contributed by atoms with E-state index in [1.54, 1.807) is 16.8 Å². The predicted molar refractivity (Wildman–Crippen MR) is 98.4 cm³/mol. The number of furan rings is 1. The number of fused-ring (bicyclic) bond motifs is 1. The van der Waals surface area contributed by atoms with Crippen LogP contribution in [0.5, 0.6) is 0 Å². The third-order valence-electron chi connectivity index (χ3n) is 4.25. The smallest absolute Gasteiger partial charge is 0.264 e. The van der Waals surface area contributed by atoms with E-state index in [1.807, 2.05) is 31.2 Å². The molecule has 0 aliphatic rings. The maximum Gasteiger partial charge on any atom is 0.264 e. The third-order valence-corrected chi connectivity index (χ3v) is 4.25. The fourth-order valence-corrected chi connectivity index (χ4v) is 2.85. The van der Waals surface area contributed by atoms with E-state index >= 15 is 0 Å². The van der Waals surface area contributed by atoms with Crippen LogP contribution in [0.4, 0.5) is 0 Å². The summed E-state index contributed by atoms with van der Waals surface area (Å²) in [5.74, 6) is 0.338. The van der Waals surface area contributed by atoms with E-state index in [2.05, 4.69) is 15.4 Å². The van der Waals surface area contributed by atoms with Crippen LogP contribution in [0.2, 0.25) is 0 Å². The number of aromatic nitrogens is 4. The Balaban J connectivity index is 1.59. The number of rotatable bonds is 5. The van der Waals surface area contributed by atoms with E-state index in [1.165, 1.54) is 23.4 Å². The van der Waals surface area contributed by atoms with E-state index in [4.69, 9.17) is 4.42 Å². The Morgan fingerprint density at radius 2 is 2.07 bits per heavy atom. The number of carbonyl (C=O) groups is 1.